The molecule has 0 saturated carbocycles. The molecule has 0 bridgehead atoms. The maximum Gasteiger partial charge on any atom is 0.0680 e. The summed E-state index contributed by atoms with van der Waals surface area (Å²) in [7, 11) is 0. The Labute approximate surface area is 85.7 Å². The van der Waals surface area contributed by atoms with E-state index in [0.29, 0.717) is 6.04 Å². The first kappa shape index (κ1) is 8.75. The second-order valence-corrected chi connectivity index (χ2v) is 4.23. The normalized spacial score (nSPS) is 11.4. The van der Waals surface area contributed by atoms with Crippen LogP contribution in [0.1, 0.15) is 19.9 Å². The predicted octanol–water partition coefficient (Wildman–Crippen LogP) is 3.38. The molecule has 2 aromatic heterocycles. The number of halogens is 1. The highest BCUT2D eigenvalue weighted by Crippen LogP contribution is 2.27. The highest BCUT2D eigenvalue weighted by molar-refractivity contribution is 9.10. The van der Waals surface area contributed by atoms with Crippen molar-refractivity contribution in [1.82, 2.24) is 9.55 Å². The fourth-order valence-electron chi connectivity index (χ4n) is 1.48. The van der Waals surface area contributed by atoms with Crippen LogP contribution in [-0.2, 0) is 0 Å². The first-order valence-corrected chi connectivity index (χ1v) is 5.09. The van der Waals surface area contributed by atoms with Crippen molar-refractivity contribution in [2.45, 2.75) is 19.9 Å². The van der Waals surface area contributed by atoms with Gasteiger partial charge >= 0.3 is 0 Å². The summed E-state index contributed by atoms with van der Waals surface area (Å²) in [6, 6.07) is 2.50. The Morgan fingerprint density at radius 1 is 1.46 bits per heavy atom. The monoisotopic (exact) mass is 238 g/mol. The van der Waals surface area contributed by atoms with Crippen molar-refractivity contribution in [2.75, 3.05) is 0 Å². The van der Waals surface area contributed by atoms with E-state index in [1.54, 1.807) is 0 Å². The lowest BCUT2D eigenvalue weighted by molar-refractivity contribution is 0.621. The molecular formula is C10H11BrN2. The van der Waals surface area contributed by atoms with Crippen molar-refractivity contribution >= 4 is 26.8 Å². The van der Waals surface area contributed by atoms with Crippen LogP contribution in [0.15, 0.2) is 29.1 Å². The fourth-order valence-corrected chi connectivity index (χ4v) is 2.04. The van der Waals surface area contributed by atoms with E-state index in [0.717, 1.165) is 4.47 Å². The Balaban J connectivity index is 2.78. The third kappa shape index (κ3) is 1.37. The molecule has 0 atom stereocenters. The summed E-state index contributed by atoms with van der Waals surface area (Å²) in [5.41, 5.74) is 1.18. The molecule has 0 fully saturated rings. The first-order chi connectivity index (χ1) is 6.20. The Morgan fingerprint density at radius 2 is 2.23 bits per heavy atom. The molecular weight excluding hydrogens is 228 g/mol. The van der Waals surface area contributed by atoms with Crippen LogP contribution in [0.4, 0.5) is 0 Å². The van der Waals surface area contributed by atoms with Gasteiger partial charge in [0.15, 0.2) is 0 Å². The molecule has 68 valence electrons. The van der Waals surface area contributed by atoms with Gasteiger partial charge in [0.2, 0.25) is 0 Å². The van der Waals surface area contributed by atoms with Crippen molar-refractivity contribution < 1.29 is 0 Å². The zero-order valence-corrected chi connectivity index (χ0v) is 9.25. The minimum atomic E-state index is 0.470. The molecule has 13 heavy (non-hydrogen) atoms. The van der Waals surface area contributed by atoms with Gasteiger partial charge in [0, 0.05) is 28.3 Å². The van der Waals surface area contributed by atoms with Crippen molar-refractivity contribution in [3.8, 4) is 0 Å². The molecule has 2 heterocycles. The number of fused-ring (bicyclic) bond motifs is 1. The summed E-state index contributed by atoms with van der Waals surface area (Å²) < 4.78 is 3.35. The van der Waals surface area contributed by atoms with E-state index in [1.165, 1.54) is 10.9 Å². The van der Waals surface area contributed by atoms with Crippen LogP contribution in [0.5, 0.6) is 0 Å². The molecule has 2 aromatic rings. The van der Waals surface area contributed by atoms with Crippen LogP contribution in [0.3, 0.4) is 0 Å². The first-order valence-electron chi connectivity index (χ1n) is 4.30. The van der Waals surface area contributed by atoms with Crippen molar-refractivity contribution in [1.29, 1.82) is 0 Å². The van der Waals surface area contributed by atoms with Crippen molar-refractivity contribution in [3.63, 3.8) is 0 Å². The highest BCUT2D eigenvalue weighted by atomic mass is 79.9. The lowest BCUT2D eigenvalue weighted by Crippen LogP contribution is -1.97. The SMILES string of the molecule is CC(C)n1cc(Br)c2ccncc21. The molecule has 0 spiro atoms. The average molecular weight is 239 g/mol. The number of pyridine rings is 1. The van der Waals surface area contributed by atoms with Crippen LogP contribution in [-0.4, -0.2) is 9.55 Å². The van der Waals surface area contributed by atoms with E-state index in [4.69, 9.17) is 0 Å². The van der Waals surface area contributed by atoms with Crippen LogP contribution in [0, 0.1) is 0 Å². The Kier molecular flexibility index (Phi) is 2.12. The third-order valence-electron chi connectivity index (χ3n) is 2.14. The van der Waals surface area contributed by atoms with E-state index in [-0.39, 0.29) is 0 Å². The van der Waals surface area contributed by atoms with Crippen LogP contribution >= 0.6 is 15.9 Å². The molecule has 0 amide bonds. The molecule has 0 aromatic carbocycles. The fraction of sp³-hybridized carbons (Fsp3) is 0.300. The van der Waals surface area contributed by atoms with Gasteiger partial charge in [-0.3, -0.25) is 4.98 Å². The van der Waals surface area contributed by atoms with Gasteiger partial charge in [0.1, 0.15) is 0 Å². The molecule has 0 aliphatic rings. The number of hydrogen-bond donors (Lipinski definition) is 0. The van der Waals surface area contributed by atoms with Gasteiger partial charge in [0.25, 0.3) is 0 Å². The molecule has 0 N–H and O–H groups in total. The van der Waals surface area contributed by atoms with Gasteiger partial charge in [-0.25, -0.2) is 0 Å². The molecule has 2 rings (SSSR count). The Morgan fingerprint density at radius 3 is 2.92 bits per heavy atom. The highest BCUT2D eigenvalue weighted by Gasteiger charge is 2.07. The van der Waals surface area contributed by atoms with Gasteiger partial charge < -0.3 is 4.57 Å². The van der Waals surface area contributed by atoms with Gasteiger partial charge in [-0.05, 0) is 35.8 Å². The molecule has 0 radical (unpaired) electrons. The summed E-state index contributed by atoms with van der Waals surface area (Å²) in [4.78, 5) is 4.13. The van der Waals surface area contributed by atoms with Crippen LogP contribution < -0.4 is 0 Å². The lowest BCUT2D eigenvalue weighted by atomic mass is 10.3. The number of hydrogen-bond acceptors (Lipinski definition) is 1. The topological polar surface area (TPSA) is 17.8 Å². The van der Waals surface area contributed by atoms with E-state index >= 15 is 0 Å². The smallest absolute Gasteiger partial charge is 0.0680 e. The minimum absolute atomic E-state index is 0.470. The third-order valence-corrected chi connectivity index (χ3v) is 2.78. The standard InChI is InChI=1S/C10H11BrN2/c1-7(2)13-6-9(11)8-3-4-12-5-10(8)13/h3-7H,1-2H3. The molecule has 0 saturated heterocycles. The molecule has 0 aliphatic heterocycles. The number of rotatable bonds is 1. The molecule has 0 aliphatic carbocycles. The zero-order valence-electron chi connectivity index (χ0n) is 7.66. The summed E-state index contributed by atoms with van der Waals surface area (Å²) >= 11 is 3.54. The second kappa shape index (κ2) is 3.14. The minimum Gasteiger partial charge on any atom is -0.343 e. The maximum atomic E-state index is 4.13. The van der Waals surface area contributed by atoms with E-state index in [9.17, 15) is 0 Å². The van der Waals surface area contributed by atoms with Gasteiger partial charge in [-0.1, -0.05) is 0 Å². The maximum absolute atomic E-state index is 4.13. The summed E-state index contributed by atoms with van der Waals surface area (Å²) in [5.74, 6) is 0. The summed E-state index contributed by atoms with van der Waals surface area (Å²) in [6.45, 7) is 4.33. The second-order valence-electron chi connectivity index (χ2n) is 3.37. The van der Waals surface area contributed by atoms with E-state index in [2.05, 4.69) is 45.5 Å². The summed E-state index contributed by atoms with van der Waals surface area (Å²) in [6.07, 6.45) is 5.83. The quantitative estimate of drug-likeness (QED) is 0.745. The lowest BCUT2D eigenvalue weighted by Gasteiger charge is -2.07. The number of aromatic nitrogens is 2. The largest absolute Gasteiger partial charge is 0.343 e. The van der Waals surface area contributed by atoms with Gasteiger partial charge in [0.05, 0.1) is 11.7 Å². The van der Waals surface area contributed by atoms with Crippen molar-refractivity contribution in [2.24, 2.45) is 0 Å². The summed E-state index contributed by atoms with van der Waals surface area (Å²) in [5, 5.41) is 1.23. The Hall–Kier alpha value is -0.830. The van der Waals surface area contributed by atoms with Gasteiger partial charge in [-0.15, -0.1) is 0 Å². The van der Waals surface area contributed by atoms with Crippen LogP contribution in [0.2, 0.25) is 0 Å². The Bertz CT molecular complexity index is 431. The van der Waals surface area contributed by atoms with Gasteiger partial charge in [-0.2, -0.15) is 0 Å². The average Bonchev–Trinajstić information content (AvgIpc) is 2.45. The zero-order chi connectivity index (χ0) is 9.42. The predicted molar refractivity (Wildman–Crippen MR) is 57.8 cm³/mol. The van der Waals surface area contributed by atoms with E-state index < -0.39 is 0 Å². The van der Waals surface area contributed by atoms with Crippen molar-refractivity contribution in [3.05, 3.63) is 29.1 Å². The van der Waals surface area contributed by atoms with Crippen LogP contribution in [0.25, 0.3) is 10.9 Å². The molecule has 3 heteroatoms. The molecule has 0 unspecified atom stereocenters. The molecule has 2 nitrogen and oxygen atoms in total. The van der Waals surface area contributed by atoms with E-state index in [1.807, 2.05) is 18.5 Å². The number of nitrogens with zero attached hydrogens (tertiary/aromatic N) is 2.